The van der Waals surface area contributed by atoms with E-state index in [9.17, 15) is 4.79 Å². The third-order valence-electron chi connectivity index (χ3n) is 2.83. The number of hydrogen-bond acceptors (Lipinski definition) is 4. The molecule has 0 aliphatic rings. The number of imidazole rings is 1. The number of carbonyl (C=O) groups is 1. The van der Waals surface area contributed by atoms with E-state index in [-0.39, 0.29) is 5.91 Å². The average Bonchev–Trinajstić information content (AvgIpc) is 2.91. The van der Waals surface area contributed by atoms with E-state index in [2.05, 4.69) is 32.0 Å². The summed E-state index contributed by atoms with van der Waals surface area (Å²) < 4.78 is 2.11. The Morgan fingerprint density at radius 3 is 3.00 bits per heavy atom. The summed E-state index contributed by atoms with van der Waals surface area (Å²) in [5.74, 6) is 0.959. The fourth-order valence-corrected chi connectivity index (χ4v) is 1.84. The van der Waals surface area contributed by atoms with Gasteiger partial charge in [0.15, 0.2) is 0 Å². The summed E-state index contributed by atoms with van der Waals surface area (Å²) in [5.41, 5.74) is 0.534. The van der Waals surface area contributed by atoms with Gasteiger partial charge in [0.1, 0.15) is 5.82 Å². The first-order valence-electron chi connectivity index (χ1n) is 6.36. The van der Waals surface area contributed by atoms with Crippen LogP contribution in [0.1, 0.15) is 29.5 Å². The minimum absolute atomic E-state index is 0.115. The second-order valence-corrected chi connectivity index (χ2v) is 4.13. The normalized spacial score (nSPS) is 10.4. The van der Waals surface area contributed by atoms with Crippen molar-refractivity contribution in [3.63, 3.8) is 0 Å². The number of rotatable bonds is 6. The molecule has 0 atom stereocenters. The van der Waals surface area contributed by atoms with Crippen molar-refractivity contribution in [1.29, 1.82) is 0 Å². The number of aryl methyl sites for hydroxylation is 2. The fourth-order valence-electron chi connectivity index (χ4n) is 1.84. The standard InChI is InChI=1S/C13H17N5O/c1-2-12-14-7-9-18(12)8-3-5-15-13(19)11-4-6-16-17-10-11/h4,6-7,9-10H,2-3,5,8H2,1H3,(H,15,19). The zero-order valence-corrected chi connectivity index (χ0v) is 10.9. The van der Waals surface area contributed by atoms with E-state index in [0.29, 0.717) is 12.1 Å². The molecule has 0 aromatic carbocycles. The Kier molecular flexibility index (Phi) is 4.60. The third kappa shape index (κ3) is 3.61. The summed E-state index contributed by atoms with van der Waals surface area (Å²) in [4.78, 5) is 16.0. The molecule has 0 fully saturated rings. The Hall–Kier alpha value is -2.24. The highest BCUT2D eigenvalue weighted by atomic mass is 16.1. The highest BCUT2D eigenvalue weighted by Crippen LogP contribution is 2.00. The zero-order valence-electron chi connectivity index (χ0n) is 10.9. The van der Waals surface area contributed by atoms with Gasteiger partial charge in [-0.3, -0.25) is 4.79 Å². The van der Waals surface area contributed by atoms with Crippen molar-refractivity contribution in [2.24, 2.45) is 0 Å². The van der Waals surface area contributed by atoms with Gasteiger partial charge in [-0.1, -0.05) is 6.92 Å². The molecule has 6 heteroatoms. The molecule has 0 saturated carbocycles. The predicted octanol–water partition coefficient (Wildman–Crippen LogP) is 1.06. The Morgan fingerprint density at radius 1 is 1.37 bits per heavy atom. The molecular weight excluding hydrogens is 242 g/mol. The molecule has 0 unspecified atom stereocenters. The first-order chi connectivity index (χ1) is 9.31. The maximum atomic E-state index is 11.7. The molecule has 2 aromatic heterocycles. The second kappa shape index (κ2) is 6.63. The minimum atomic E-state index is -0.115. The van der Waals surface area contributed by atoms with E-state index in [1.165, 1.54) is 12.4 Å². The summed E-state index contributed by atoms with van der Waals surface area (Å²) in [7, 11) is 0. The Balaban J connectivity index is 1.74. The highest BCUT2D eigenvalue weighted by molar-refractivity contribution is 5.93. The van der Waals surface area contributed by atoms with Crippen molar-refractivity contribution in [2.75, 3.05) is 6.54 Å². The summed E-state index contributed by atoms with van der Waals surface area (Å²) in [6.07, 6.45) is 8.53. The fraction of sp³-hybridized carbons (Fsp3) is 0.385. The number of amides is 1. The van der Waals surface area contributed by atoms with E-state index in [4.69, 9.17) is 0 Å². The van der Waals surface area contributed by atoms with E-state index in [0.717, 1.165) is 25.2 Å². The van der Waals surface area contributed by atoms with Crippen molar-refractivity contribution in [1.82, 2.24) is 25.1 Å². The summed E-state index contributed by atoms with van der Waals surface area (Å²) in [6, 6.07) is 1.65. The second-order valence-electron chi connectivity index (χ2n) is 4.13. The molecule has 2 aromatic rings. The van der Waals surface area contributed by atoms with Crippen LogP contribution in [0.4, 0.5) is 0 Å². The van der Waals surface area contributed by atoms with Gasteiger partial charge < -0.3 is 9.88 Å². The van der Waals surface area contributed by atoms with E-state index in [1.807, 2.05) is 6.20 Å². The topological polar surface area (TPSA) is 72.7 Å². The first-order valence-corrected chi connectivity index (χ1v) is 6.36. The molecule has 6 nitrogen and oxygen atoms in total. The average molecular weight is 259 g/mol. The lowest BCUT2D eigenvalue weighted by Crippen LogP contribution is -2.25. The molecule has 0 aliphatic heterocycles. The van der Waals surface area contributed by atoms with Gasteiger partial charge in [-0.15, -0.1) is 0 Å². The molecule has 0 spiro atoms. The van der Waals surface area contributed by atoms with Gasteiger partial charge in [-0.2, -0.15) is 10.2 Å². The molecule has 0 bridgehead atoms. The smallest absolute Gasteiger partial charge is 0.252 e. The van der Waals surface area contributed by atoms with E-state index in [1.54, 1.807) is 12.3 Å². The molecule has 19 heavy (non-hydrogen) atoms. The van der Waals surface area contributed by atoms with E-state index < -0.39 is 0 Å². The van der Waals surface area contributed by atoms with Crippen LogP contribution in [0, 0.1) is 0 Å². The lowest BCUT2D eigenvalue weighted by molar-refractivity contribution is 0.0952. The highest BCUT2D eigenvalue weighted by Gasteiger charge is 2.04. The van der Waals surface area contributed by atoms with Gasteiger partial charge >= 0.3 is 0 Å². The Labute approximate surface area is 111 Å². The molecule has 0 saturated heterocycles. The number of aromatic nitrogens is 4. The summed E-state index contributed by atoms with van der Waals surface area (Å²) in [6.45, 7) is 3.57. The molecule has 0 aliphatic carbocycles. The summed E-state index contributed by atoms with van der Waals surface area (Å²) >= 11 is 0. The largest absolute Gasteiger partial charge is 0.352 e. The monoisotopic (exact) mass is 259 g/mol. The maximum absolute atomic E-state index is 11.7. The van der Waals surface area contributed by atoms with Gasteiger partial charge in [0.2, 0.25) is 0 Å². The minimum Gasteiger partial charge on any atom is -0.352 e. The molecule has 0 radical (unpaired) electrons. The first kappa shape index (κ1) is 13.2. The molecule has 2 heterocycles. The molecule has 2 rings (SSSR count). The maximum Gasteiger partial charge on any atom is 0.252 e. The Bertz CT molecular complexity index is 523. The van der Waals surface area contributed by atoms with Crippen molar-refractivity contribution in [3.8, 4) is 0 Å². The SMILES string of the molecule is CCc1nccn1CCCNC(=O)c1ccnnc1. The molecular formula is C13H17N5O. The van der Waals surface area contributed by atoms with Gasteiger partial charge in [0, 0.05) is 31.9 Å². The van der Waals surface area contributed by atoms with Crippen molar-refractivity contribution in [2.45, 2.75) is 26.3 Å². The van der Waals surface area contributed by atoms with Crippen LogP contribution in [0.5, 0.6) is 0 Å². The molecule has 100 valence electrons. The van der Waals surface area contributed by atoms with Crippen LogP contribution in [0.3, 0.4) is 0 Å². The van der Waals surface area contributed by atoms with Crippen LogP contribution < -0.4 is 5.32 Å². The quantitative estimate of drug-likeness (QED) is 0.787. The van der Waals surface area contributed by atoms with Crippen LogP contribution in [0.25, 0.3) is 0 Å². The number of carbonyl (C=O) groups excluding carboxylic acids is 1. The van der Waals surface area contributed by atoms with Gasteiger partial charge in [0.25, 0.3) is 5.91 Å². The van der Waals surface area contributed by atoms with Crippen LogP contribution in [-0.4, -0.2) is 32.2 Å². The van der Waals surface area contributed by atoms with Crippen molar-refractivity contribution in [3.05, 3.63) is 42.2 Å². The Morgan fingerprint density at radius 2 is 2.26 bits per heavy atom. The third-order valence-corrected chi connectivity index (χ3v) is 2.83. The molecule has 1 N–H and O–H groups in total. The lowest BCUT2D eigenvalue weighted by atomic mass is 10.3. The molecule has 1 amide bonds. The number of nitrogens with zero attached hydrogens (tertiary/aromatic N) is 4. The lowest BCUT2D eigenvalue weighted by Gasteiger charge is -2.07. The number of nitrogens with one attached hydrogen (secondary N) is 1. The number of hydrogen-bond donors (Lipinski definition) is 1. The van der Waals surface area contributed by atoms with E-state index >= 15 is 0 Å². The van der Waals surface area contributed by atoms with Gasteiger partial charge in [-0.25, -0.2) is 4.98 Å². The van der Waals surface area contributed by atoms with Gasteiger partial charge in [0.05, 0.1) is 18.0 Å². The van der Waals surface area contributed by atoms with Crippen LogP contribution in [0.2, 0.25) is 0 Å². The zero-order chi connectivity index (χ0) is 13.5. The van der Waals surface area contributed by atoms with Crippen LogP contribution in [0.15, 0.2) is 30.9 Å². The predicted molar refractivity (Wildman–Crippen MR) is 70.6 cm³/mol. The van der Waals surface area contributed by atoms with Crippen molar-refractivity contribution >= 4 is 5.91 Å². The van der Waals surface area contributed by atoms with Crippen molar-refractivity contribution < 1.29 is 4.79 Å². The van der Waals surface area contributed by atoms with Crippen LogP contribution in [-0.2, 0) is 13.0 Å². The van der Waals surface area contributed by atoms with Crippen LogP contribution >= 0.6 is 0 Å². The van der Waals surface area contributed by atoms with Gasteiger partial charge in [-0.05, 0) is 12.5 Å². The summed E-state index contributed by atoms with van der Waals surface area (Å²) in [5, 5.41) is 10.2.